The fraction of sp³-hybridized carbons (Fsp3) is 0.190. The summed E-state index contributed by atoms with van der Waals surface area (Å²) in [6, 6.07) is 13.2. The van der Waals surface area contributed by atoms with Gasteiger partial charge in [-0.15, -0.1) is 12.4 Å². The van der Waals surface area contributed by atoms with Gasteiger partial charge in [-0.3, -0.25) is 10.0 Å². The number of aromatic nitrogens is 1. The maximum Gasteiger partial charge on any atom is 0.267 e. The van der Waals surface area contributed by atoms with Crippen LogP contribution in [-0.2, 0) is 11.2 Å². The number of hydrogen-bond donors (Lipinski definition) is 4. The van der Waals surface area contributed by atoms with Crippen molar-refractivity contribution < 1.29 is 19.5 Å². The fourth-order valence-corrected chi connectivity index (χ4v) is 2.95. The van der Waals surface area contributed by atoms with Gasteiger partial charge in [0.15, 0.2) is 11.5 Å². The third-order valence-corrected chi connectivity index (χ3v) is 4.33. The summed E-state index contributed by atoms with van der Waals surface area (Å²) < 4.78 is 11.2. The summed E-state index contributed by atoms with van der Waals surface area (Å²) in [6.07, 6.45) is 5.44. The molecule has 0 spiro atoms. The molecule has 0 saturated carbocycles. The smallest absolute Gasteiger partial charge is 0.267 e. The molecule has 1 heterocycles. The Morgan fingerprint density at radius 1 is 1.28 bits per heavy atom. The fourth-order valence-electron chi connectivity index (χ4n) is 2.95. The Hall–Kier alpha value is -3.00. The Labute approximate surface area is 174 Å². The van der Waals surface area contributed by atoms with Crippen molar-refractivity contribution in [1.82, 2.24) is 10.5 Å². The molecule has 7 nitrogen and oxygen atoms in total. The highest BCUT2D eigenvalue weighted by molar-refractivity contribution is 5.90. The third kappa shape index (κ3) is 5.74. The average molecular weight is 418 g/mol. The molecule has 1 aromatic heterocycles. The predicted molar refractivity (Wildman–Crippen MR) is 115 cm³/mol. The second-order valence-electron chi connectivity index (χ2n) is 6.35. The lowest BCUT2D eigenvalue weighted by Crippen LogP contribution is -2.30. The van der Waals surface area contributed by atoms with Gasteiger partial charge in [0.05, 0.1) is 7.11 Å². The molecule has 0 bridgehead atoms. The number of fused-ring (bicyclic) bond motifs is 1. The van der Waals surface area contributed by atoms with E-state index in [1.807, 2.05) is 24.4 Å². The van der Waals surface area contributed by atoms with Crippen molar-refractivity contribution in [2.45, 2.75) is 12.5 Å². The lowest BCUT2D eigenvalue weighted by molar-refractivity contribution is -0.124. The van der Waals surface area contributed by atoms with Crippen LogP contribution < -0.4 is 20.7 Å². The second-order valence-corrected chi connectivity index (χ2v) is 6.35. The molecule has 3 aromatic rings. The lowest BCUT2D eigenvalue weighted by Gasteiger charge is -2.15. The first-order valence-electron chi connectivity index (χ1n) is 8.84. The molecule has 0 fully saturated rings. The minimum Gasteiger partial charge on any atom is -0.493 e. The van der Waals surface area contributed by atoms with Gasteiger partial charge >= 0.3 is 0 Å². The minimum atomic E-state index is -0.609. The van der Waals surface area contributed by atoms with E-state index in [0.29, 0.717) is 24.5 Å². The lowest BCUT2D eigenvalue weighted by atomic mass is 10.1. The highest BCUT2D eigenvalue weighted by Crippen LogP contribution is 2.29. The number of aromatic amines is 1. The predicted octanol–water partition coefficient (Wildman–Crippen LogP) is 3.07. The molecule has 0 radical (unpaired) electrons. The van der Waals surface area contributed by atoms with Crippen molar-refractivity contribution in [2.75, 3.05) is 13.7 Å². The number of amides is 1. The molecule has 154 valence electrons. The van der Waals surface area contributed by atoms with Crippen LogP contribution >= 0.6 is 12.4 Å². The summed E-state index contributed by atoms with van der Waals surface area (Å²) in [5.41, 5.74) is 10.8. The Morgan fingerprint density at radius 3 is 2.83 bits per heavy atom. The first kappa shape index (κ1) is 22.3. The van der Waals surface area contributed by atoms with Crippen LogP contribution in [0.2, 0.25) is 0 Å². The summed E-state index contributed by atoms with van der Waals surface area (Å²) in [6.45, 7) is 0.331. The molecule has 29 heavy (non-hydrogen) atoms. The van der Waals surface area contributed by atoms with E-state index in [2.05, 4.69) is 11.1 Å². The van der Waals surface area contributed by atoms with Gasteiger partial charge in [0.1, 0.15) is 6.61 Å². The molecule has 0 aliphatic heterocycles. The molecule has 5 N–H and O–H groups in total. The van der Waals surface area contributed by atoms with Crippen LogP contribution in [0.5, 0.6) is 11.5 Å². The van der Waals surface area contributed by atoms with Gasteiger partial charge in [0.25, 0.3) is 5.91 Å². The molecule has 0 aliphatic carbocycles. The molecule has 3 rings (SSSR count). The number of halogens is 1. The number of nitrogens with one attached hydrogen (secondary N) is 2. The van der Waals surface area contributed by atoms with Gasteiger partial charge in [-0.1, -0.05) is 24.3 Å². The Bertz CT molecular complexity index is 987. The van der Waals surface area contributed by atoms with Gasteiger partial charge in [-0.05, 0) is 41.8 Å². The molecule has 1 atom stereocenters. The van der Waals surface area contributed by atoms with Crippen LogP contribution in [0.15, 0.2) is 54.7 Å². The summed E-state index contributed by atoms with van der Waals surface area (Å²) in [5.74, 6) is 0.494. The van der Waals surface area contributed by atoms with Crippen molar-refractivity contribution >= 4 is 35.3 Å². The largest absolute Gasteiger partial charge is 0.493 e. The van der Waals surface area contributed by atoms with Crippen LogP contribution in [0, 0.1) is 0 Å². The number of ether oxygens (including phenoxy) is 2. The molecule has 0 saturated heterocycles. The number of carbonyl (C=O) groups is 1. The SMILES string of the molecule is COc1cc(/C=C/C(=O)NO)ccc1OC[C@@H](N)Cc1c[nH]c2ccccc12.Cl. The van der Waals surface area contributed by atoms with Gasteiger partial charge in [0.2, 0.25) is 0 Å². The minimum absolute atomic E-state index is 0. The first-order valence-corrected chi connectivity index (χ1v) is 8.84. The zero-order chi connectivity index (χ0) is 19.9. The molecule has 1 amide bonds. The van der Waals surface area contributed by atoms with Crippen LogP contribution in [-0.4, -0.2) is 35.9 Å². The van der Waals surface area contributed by atoms with Crippen molar-refractivity contribution in [3.63, 3.8) is 0 Å². The van der Waals surface area contributed by atoms with Crippen molar-refractivity contribution in [3.05, 3.63) is 65.9 Å². The zero-order valence-electron chi connectivity index (χ0n) is 15.9. The van der Waals surface area contributed by atoms with Crippen LogP contribution in [0.25, 0.3) is 17.0 Å². The van der Waals surface area contributed by atoms with E-state index in [1.165, 1.54) is 16.9 Å². The van der Waals surface area contributed by atoms with E-state index in [4.69, 9.17) is 20.4 Å². The van der Waals surface area contributed by atoms with E-state index in [-0.39, 0.29) is 18.4 Å². The number of hydrogen-bond acceptors (Lipinski definition) is 5. The molecular weight excluding hydrogens is 394 g/mol. The van der Waals surface area contributed by atoms with Crippen LogP contribution in [0.1, 0.15) is 11.1 Å². The van der Waals surface area contributed by atoms with Gasteiger partial charge in [-0.2, -0.15) is 0 Å². The Kier molecular flexibility index (Phi) is 8.09. The monoisotopic (exact) mass is 417 g/mol. The van der Waals surface area contributed by atoms with Crippen molar-refractivity contribution in [3.8, 4) is 11.5 Å². The van der Waals surface area contributed by atoms with E-state index in [9.17, 15) is 4.79 Å². The Morgan fingerprint density at radius 2 is 2.07 bits per heavy atom. The second kappa shape index (κ2) is 10.5. The molecule has 0 unspecified atom stereocenters. The highest BCUT2D eigenvalue weighted by Gasteiger charge is 2.11. The maximum atomic E-state index is 11.1. The number of H-pyrrole nitrogens is 1. The number of hydroxylamine groups is 1. The number of benzene rings is 2. The number of para-hydroxylation sites is 1. The van der Waals surface area contributed by atoms with Gasteiger partial charge < -0.3 is 20.2 Å². The van der Waals surface area contributed by atoms with Gasteiger partial charge in [0, 0.05) is 29.2 Å². The number of rotatable bonds is 8. The molecule has 2 aromatic carbocycles. The number of carbonyl (C=O) groups excluding carboxylic acids is 1. The van der Waals surface area contributed by atoms with E-state index >= 15 is 0 Å². The van der Waals surface area contributed by atoms with Crippen molar-refractivity contribution in [1.29, 1.82) is 0 Å². The average Bonchev–Trinajstić information content (AvgIpc) is 3.13. The standard InChI is InChI=1S/C21H23N3O4.ClH/c1-27-20-10-14(7-9-21(25)24-26)6-8-19(20)28-13-16(22)11-15-12-23-18-5-3-2-4-17(15)18;/h2-10,12,16,23,26H,11,13,22H2,1H3,(H,24,25);1H/b9-7+;/t16-;/m0./s1. The zero-order valence-corrected chi connectivity index (χ0v) is 16.7. The van der Waals surface area contributed by atoms with Crippen LogP contribution in [0.4, 0.5) is 0 Å². The maximum absolute atomic E-state index is 11.1. The van der Waals surface area contributed by atoms with Gasteiger partial charge in [-0.25, -0.2) is 5.48 Å². The van der Waals surface area contributed by atoms with E-state index in [1.54, 1.807) is 31.4 Å². The normalized spacial score (nSPS) is 11.8. The number of methoxy groups -OCH3 is 1. The van der Waals surface area contributed by atoms with E-state index in [0.717, 1.165) is 16.6 Å². The highest BCUT2D eigenvalue weighted by atomic mass is 35.5. The van der Waals surface area contributed by atoms with Crippen molar-refractivity contribution in [2.24, 2.45) is 5.73 Å². The van der Waals surface area contributed by atoms with E-state index < -0.39 is 5.91 Å². The summed E-state index contributed by atoms with van der Waals surface area (Å²) in [4.78, 5) is 14.3. The topological polar surface area (TPSA) is 110 Å². The summed E-state index contributed by atoms with van der Waals surface area (Å²) >= 11 is 0. The first-order chi connectivity index (χ1) is 13.6. The molecule has 8 heteroatoms. The Balaban J connectivity index is 0.00000300. The summed E-state index contributed by atoms with van der Waals surface area (Å²) in [5, 5.41) is 9.69. The molecule has 0 aliphatic rings. The third-order valence-electron chi connectivity index (χ3n) is 4.33. The number of nitrogens with two attached hydrogens (primary N) is 1. The molecular formula is C21H24ClN3O4. The quantitative estimate of drug-likeness (QED) is 0.256. The summed E-state index contributed by atoms with van der Waals surface area (Å²) in [7, 11) is 1.54. The van der Waals surface area contributed by atoms with Crippen LogP contribution in [0.3, 0.4) is 0 Å².